The highest BCUT2D eigenvalue weighted by Gasteiger charge is 2.30. The number of thiocarbonyl (C=S) groups is 1. The van der Waals surface area contributed by atoms with Gasteiger partial charge in [0.2, 0.25) is 5.91 Å². The average molecular weight is 309 g/mol. The predicted molar refractivity (Wildman–Crippen MR) is 85.8 cm³/mol. The zero-order valence-electron chi connectivity index (χ0n) is 12.6. The Morgan fingerprint density at radius 1 is 1.52 bits per heavy atom. The number of furan rings is 1. The average Bonchev–Trinajstić information content (AvgIpc) is 2.94. The molecule has 1 aromatic rings. The third kappa shape index (κ3) is 4.46. The monoisotopic (exact) mass is 309 g/mol. The number of carbonyl (C=O) groups is 1. The van der Waals surface area contributed by atoms with Crippen LogP contribution >= 0.6 is 12.2 Å². The lowest BCUT2D eigenvalue weighted by molar-refractivity contribution is -0.134. The van der Waals surface area contributed by atoms with E-state index in [4.69, 9.17) is 16.6 Å². The van der Waals surface area contributed by atoms with Crippen molar-refractivity contribution in [2.24, 2.45) is 0 Å². The van der Waals surface area contributed by atoms with Crippen LogP contribution in [0.5, 0.6) is 0 Å². The molecule has 2 rings (SSSR count). The van der Waals surface area contributed by atoms with Crippen LogP contribution in [0.3, 0.4) is 0 Å². The molecule has 5 nitrogen and oxygen atoms in total. The smallest absolute Gasteiger partial charge is 0.245 e. The Morgan fingerprint density at radius 3 is 2.95 bits per heavy atom. The van der Waals surface area contributed by atoms with Gasteiger partial charge in [0.1, 0.15) is 11.8 Å². The van der Waals surface area contributed by atoms with E-state index in [2.05, 4.69) is 17.6 Å². The van der Waals surface area contributed by atoms with Gasteiger partial charge < -0.3 is 20.0 Å². The topological polar surface area (TPSA) is 57.5 Å². The van der Waals surface area contributed by atoms with E-state index < -0.39 is 0 Å². The summed E-state index contributed by atoms with van der Waals surface area (Å²) in [6.45, 7) is 5.41. The van der Waals surface area contributed by atoms with Crippen LogP contribution < -0.4 is 10.6 Å². The van der Waals surface area contributed by atoms with Crippen LogP contribution in [-0.4, -0.2) is 34.5 Å². The molecule has 0 saturated carbocycles. The summed E-state index contributed by atoms with van der Waals surface area (Å²) >= 11 is 5.16. The lowest BCUT2D eigenvalue weighted by Gasteiger charge is -2.33. The van der Waals surface area contributed by atoms with Crippen molar-refractivity contribution in [3.05, 3.63) is 24.2 Å². The van der Waals surface area contributed by atoms with Crippen molar-refractivity contribution < 1.29 is 9.21 Å². The largest absolute Gasteiger partial charge is 0.467 e. The maximum atomic E-state index is 12.8. The van der Waals surface area contributed by atoms with Gasteiger partial charge in [-0.15, -0.1) is 0 Å². The second-order valence-electron chi connectivity index (χ2n) is 5.50. The van der Waals surface area contributed by atoms with Crippen LogP contribution in [0.25, 0.3) is 0 Å². The minimum Gasteiger partial charge on any atom is -0.467 e. The van der Waals surface area contributed by atoms with E-state index >= 15 is 0 Å². The van der Waals surface area contributed by atoms with Crippen LogP contribution in [0.1, 0.15) is 38.9 Å². The third-order valence-corrected chi connectivity index (χ3v) is 3.83. The maximum Gasteiger partial charge on any atom is 0.245 e. The summed E-state index contributed by atoms with van der Waals surface area (Å²) in [7, 11) is 0. The van der Waals surface area contributed by atoms with Crippen molar-refractivity contribution in [3.63, 3.8) is 0 Å². The van der Waals surface area contributed by atoms with Crippen molar-refractivity contribution in [1.82, 2.24) is 15.5 Å². The normalized spacial score (nSPS) is 21.5. The van der Waals surface area contributed by atoms with Crippen LogP contribution in [0, 0.1) is 0 Å². The fourth-order valence-corrected chi connectivity index (χ4v) is 2.83. The summed E-state index contributed by atoms with van der Waals surface area (Å²) in [5.41, 5.74) is 0. The van der Waals surface area contributed by atoms with E-state index in [0.29, 0.717) is 11.7 Å². The standard InChI is InChI=1S/C15H23N3O2S/c1-3-4-7-18(10-12-6-5-8-20-12)14(19)13-9-11(2)16-15(21)17-13/h5-6,8,11,13H,3-4,7,9-10H2,1-2H3,(H2,16,17,21)/t11-,13+/m1/s1. The highest BCUT2D eigenvalue weighted by Crippen LogP contribution is 2.12. The number of rotatable bonds is 6. The van der Waals surface area contributed by atoms with E-state index in [0.717, 1.165) is 31.6 Å². The number of hydrogen-bond donors (Lipinski definition) is 2. The molecule has 2 N–H and O–H groups in total. The summed E-state index contributed by atoms with van der Waals surface area (Å²) in [6, 6.07) is 3.71. The first kappa shape index (κ1) is 15.8. The molecule has 1 saturated heterocycles. The van der Waals surface area contributed by atoms with Crippen LogP contribution in [-0.2, 0) is 11.3 Å². The Balaban J connectivity index is 2.03. The molecule has 1 aliphatic heterocycles. The van der Waals surface area contributed by atoms with Crippen molar-refractivity contribution in [3.8, 4) is 0 Å². The van der Waals surface area contributed by atoms with Gasteiger partial charge in [0.15, 0.2) is 5.11 Å². The van der Waals surface area contributed by atoms with Gasteiger partial charge in [0.05, 0.1) is 12.8 Å². The molecule has 0 spiro atoms. The van der Waals surface area contributed by atoms with Gasteiger partial charge in [-0.1, -0.05) is 13.3 Å². The van der Waals surface area contributed by atoms with Crippen LogP contribution in [0.2, 0.25) is 0 Å². The molecule has 2 atom stereocenters. The number of amides is 1. The Hall–Kier alpha value is -1.56. The van der Waals surface area contributed by atoms with Gasteiger partial charge >= 0.3 is 0 Å². The second-order valence-corrected chi connectivity index (χ2v) is 5.91. The molecular weight excluding hydrogens is 286 g/mol. The number of hydrogen-bond acceptors (Lipinski definition) is 3. The van der Waals surface area contributed by atoms with Gasteiger partial charge in [0.25, 0.3) is 0 Å². The number of carbonyl (C=O) groups excluding carboxylic acids is 1. The first-order chi connectivity index (χ1) is 10.1. The molecule has 1 aromatic heterocycles. The molecule has 21 heavy (non-hydrogen) atoms. The number of nitrogens with zero attached hydrogens (tertiary/aromatic N) is 1. The van der Waals surface area contributed by atoms with Crippen molar-refractivity contribution in [1.29, 1.82) is 0 Å². The molecule has 1 fully saturated rings. The SMILES string of the molecule is CCCCN(Cc1ccco1)C(=O)[C@@H]1C[C@@H](C)NC(=S)N1. The Morgan fingerprint density at radius 2 is 2.33 bits per heavy atom. The molecule has 0 aliphatic carbocycles. The lowest BCUT2D eigenvalue weighted by atomic mass is 10.0. The van der Waals surface area contributed by atoms with Gasteiger partial charge in [0, 0.05) is 12.6 Å². The lowest BCUT2D eigenvalue weighted by Crippen LogP contribution is -2.58. The summed E-state index contributed by atoms with van der Waals surface area (Å²) in [5, 5.41) is 6.76. The summed E-state index contributed by atoms with van der Waals surface area (Å²) in [6.07, 6.45) is 4.41. The molecule has 1 amide bonds. The fourth-order valence-electron chi connectivity index (χ4n) is 2.48. The number of nitrogens with one attached hydrogen (secondary N) is 2. The van der Waals surface area contributed by atoms with Gasteiger partial charge in [-0.3, -0.25) is 4.79 Å². The van der Waals surface area contributed by atoms with E-state index in [1.165, 1.54) is 0 Å². The molecule has 6 heteroatoms. The van der Waals surface area contributed by atoms with E-state index in [1.54, 1.807) is 6.26 Å². The highest BCUT2D eigenvalue weighted by atomic mass is 32.1. The molecule has 2 heterocycles. The molecule has 116 valence electrons. The van der Waals surface area contributed by atoms with Gasteiger partial charge in [-0.2, -0.15) is 0 Å². The molecule has 0 unspecified atom stereocenters. The molecule has 1 aliphatic rings. The van der Waals surface area contributed by atoms with Gasteiger partial charge in [-0.05, 0) is 44.1 Å². The first-order valence-corrected chi connectivity index (χ1v) is 7.89. The van der Waals surface area contributed by atoms with Crippen LogP contribution in [0.4, 0.5) is 0 Å². The molecule has 0 aromatic carbocycles. The maximum absolute atomic E-state index is 12.8. The fraction of sp³-hybridized carbons (Fsp3) is 0.600. The first-order valence-electron chi connectivity index (χ1n) is 7.48. The second kappa shape index (κ2) is 7.45. The van der Waals surface area contributed by atoms with Crippen molar-refractivity contribution in [2.75, 3.05) is 6.54 Å². The number of unbranched alkanes of at least 4 members (excludes halogenated alkanes) is 1. The van der Waals surface area contributed by atoms with E-state index in [9.17, 15) is 4.79 Å². The van der Waals surface area contributed by atoms with E-state index in [-0.39, 0.29) is 18.0 Å². The highest BCUT2D eigenvalue weighted by molar-refractivity contribution is 7.80. The predicted octanol–water partition coefficient (Wildman–Crippen LogP) is 2.03. The molecule has 0 radical (unpaired) electrons. The quantitative estimate of drug-likeness (QED) is 0.788. The van der Waals surface area contributed by atoms with Gasteiger partial charge in [-0.25, -0.2) is 0 Å². The Labute approximate surface area is 131 Å². The zero-order valence-corrected chi connectivity index (χ0v) is 13.4. The minimum absolute atomic E-state index is 0.0931. The Bertz CT molecular complexity index is 475. The van der Waals surface area contributed by atoms with Crippen LogP contribution in [0.15, 0.2) is 22.8 Å². The van der Waals surface area contributed by atoms with Crippen molar-refractivity contribution in [2.45, 2.75) is 51.7 Å². The van der Waals surface area contributed by atoms with Crippen molar-refractivity contribution >= 4 is 23.2 Å². The minimum atomic E-state index is -0.249. The Kier molecular flexibility index (Phi) is 5.61. The third-order valence-electron chi connectivity index (χ3n) is 3.59. The summed E-state index contributed by atoms with van der Waals surface area (Å²) < 4.78 is 5.37. The molecule has 0 bridgehead atoms. The molecular formula is C15H23N3O2S. The summed E-state index contributed by atoms with van der Waals surface area (Å²) in [5.74, 6) is 0.902. The zero-order chi connectivity index (χ0) is 15.2. The summed E-state index contributed by atoms with van der Waals surface area (Å²) in [4.78, 5) is 14.6. The van der Waals surface area contributed by atoms with E-state index in [1.807, 2.05) is 24.0 Å².